The predicted octanol–water partition coefficient (Wildman–Crippen LogP) is 4.33. The fourth-order valence-electron chi connectivity index (χ4n) is 1.87. The first-order valence-corrected chi connectivity index (χ1v) is 7.45. The normalized spacial score (nSPS) is 11.2. The summed E-state index contributed by atoms with van der Waals surface area (Å²) < 4.78 is 14.9. The Morgan fingerprint density at radius 3 is 2.43 bits per heavy atom. The zero-order valence-electron chi connectivity index (χ0n) is 12.1. The van der Waals surface area contributed by atoms with Gasteiger partial charge in [0.1, 0.15) is 5.82 Å². The predicted molar refractivity (Wildman–Crippen MR) is 89.8 cm³/mol. The standard InChI is InChI=1S/C17H13BrFNO3/c1-10(17(22)23)9-12-3-2-4-14(19)15(12)20-16(21)11-5-7-13(18)8-6-11/h2-9H,1H3,(H,20,21)(H,22,23). The molecule has 0 fully saturated rings. The molecular weight excluding hydrogens is 365 g/mol. The third-order valence-corrected chi connectivity index (χ3v) is 3.63. The molecular formula is C17H13BrFNO3. The summed E-state index contributed by atoms with van der Waals surface area (Å²) in [4.78, 5) is 23.1. The van der Waals surface area contributed by atoms with Crippen LogP contribution < -0.4 is 5.32 Å². The Balaban J connectivity index is 2.35. The number of hydrogen-bond donors (Lipinski definition) is 2. The molecule has 2 rings (SSSR count). The van der Waals surface area contributed by atoms with Gasteiger partial charge >= 0.3 is 5.97 Å². The van der Waals surface area contributed by atoms with E-state index in [0.29, 0.717) is 5.56 Å². The second-order valence-electron chi connectivity index (χ2n) is 4.80. The molecule has 0 radical (unpaired) electrons. The number of rotatable bonds is 4. The summed E-state index contributed by atoms with van der Waals surface area (Å²) in [5.41, 5.74) is 0.632. The van der Waals surface area contributed by atoms with Crippen LogP contribution in [0.1, 0.15) is 22.8 Å². The SMILES string of the molecule is CC(=Cc1cccc(F)c1NC(=O)c1ccc(Br)cc1)C(=O)O. The number of halogens is 2. The number of carbonyl (C=O) groups excluding carboxylic acids is 1. The highest BCUT2D eigenvalue weighted by atomic mass is 79.9. The zero-order valence-corrected chi connectivity index (χ0v) is 13.7. The second kappa shape index (κ2) is 7.19. The van der Waals surface area contributed by atoms with E-state index in [0.717, 1.165) is 4.47 Å². The maximum absolute atomic E-state index is 14.0. The molecule has 1 amide bonds. The van der Waals surface area contributed by atoms with Gasteiger partial charge in [-0.3, -0.25) is 4.79 Å². The second-order valence-corrected chi connectivity index (χ2v) is 5.71. The van der Waals surface area contributed by atoms with Gasteiger partial charge in [0.15, 0.2) is 0 Å². The van der Waals surface area contributed by atoms with Gasteiger partial charge in [-0.2, -0.15) is 0 Å². The topological polar surface area (TPSA) is 66.4 Å². The van der Waals surface area contributed by atoms with Gasteiger partial charge in [-0.1, -0.05) is 28.1 Å². The van der Waals surface area contributed by atoms with Crippen LogP contribution in [-0.4, -0.2) is 17.0 Å². The van der Waals surface area contributed by atoms with Gasteiger partial charge < -0.3 is 10.4 Å². The third kappa shape index (κ3) is 4.26. The number of amides is 1. The number of aliphatic carboxylic acids is 1. The van der Waals surface area contributed by atoms with Crippen LogP contribution in [0.2, 0.25) is 0 Å². The van der Waals surface area contributed by atoms with E-state index in [4.69, 9.17) is 5.11 Å². The fraction of sp³-hybridized carbons (Fsp3) is 0.0588. The summed E-state index contributed by atoms with van der Waals surface area (Å²) in [7, 11) is 0. The third-order valence-electron chi connectivity index (χ3n) is 3.10. The van der Waals surface area contributed by atoms with Crippen LogP contribution in [0.15, 0.2) is 52.5 Å². The molecule has 0 aliphatic heterocycles. The molecule has 0 unspecified atom stereocenters. The monoisotopic (exact) mass is 377 g/mol. The molecule has 4 nitrogen and oxygen atoms in total. The van der Waals surface area contributed by atoms with Gasteiger partial charge in [0.2, 0.25) is 0 Å². The quantitative estimate of drug-likeness (QED) is 0.779. The van der Waals surface area contributed by atoms with Crippen molar-refractivity contribution in [1.82, 2.24) is 0 Å². The van der Waals surface area contributed by atoms with Crippen LogP contribution in [-0.2, 0) is 4.79 Å². The van der Waals surface area contributed by atoms with E-state index in [1.807, 2.05) is 0 Å². The Kier molecular flexibility index (Phi) is 5.28. The van der Waals surface area contributed by atoms with Gasteiger partial charge in [-0.25, -0.2) is 9.18 Å². The molecule has 0 atom stereocenters. The summed E-state index contributed by atoms with van der Waals surface area (Å²) in [6, 6.07) is 10.8. The van der Waals surface area contributed by atoms with Crippen LogP contribution in [0.4, 0.5) is 10.1 Å². The van der Waals surface area contributed by atoms with E-state index in [1.54, 1.807) is 24.3 Å². The Morgan fingerprint density at radius 1 is 1.17 bits per heavy atom. The van der Waals surface area contributed by atoms with E-state index in [1.165, 1.54) is 31.2 Å². The summed E-state index contributed by atoms with van der Waals surface area (Å²) in [5, 5.41) is 11.4. The van der Waals surface area contributed by atoms with Crippen LogP contribution in [0, 0.1) is 5.82 Å². The smallest absolute Gasteiger partial charge is 0.331 e. The first kappa shape index (κ1) is 16.9. The van der Waals surface area contributed by atoms with Crippen molar-refractivity contribution in [2.75, 3.05) is 5.32 Å². The van der Waals surface area contributed by atoms with Crippen LogP contribution >= 0.6 is 15.9 Å². The number of carbonyl (C=O) groups is 2. The average Bonchev–Trinajstić information content (AvgIpc) is 2.51. The van der Waals surface area contributed by atoms with Crippen molar-refractivity contribution in [3.8, 4) is 0 Å². The van der Waals surface area contributed by atoms with Gasteiger partial charge in [0.25, 0.3) is 5.91 Å². The van der Waals surface area contributed by atoms with Crippen LogP contribution in [0.5, 0.6) is 0 Å². The number of para-hydroxylation sites is 1. The van der Waals surface area contributed by atoms with E-state index in [-0.39, 0.29) is 16.8 Å². The molecule has 0 aliphatic carbocycles. The molecule has 2 aromatic rings. The number of nitrogens with one attached hydrogen (secondary N) is 1. The largest absolute Gasteiger partial charge is 0.478 e. The van der Waals surface area contributed by atoms with E-state index >= 15 is 0 Å². The molecule has 0 aromatic heterocycles. The lowest BCUT2D eigenvalue weighted by atomic mass is 10.1. The van der Waals surface area contributed by atoms with Gasteiger partial charge in [-0.15, -0.1) is 0 Å². The minimum absolute atomic E-state index is 0.0368. The van der Waals surface area contributed by atoms with Crippen molar-refractivity contribution in [1.29, 1.82) is 0 Å². The Labute approximate surface area is 140 Å². The number of benzene rings is 2. The minimum Gasteiger partial charge on any atom is -0.478 e. The molecule has 6 heteroatoms. The number of carboxylic acids is 1. The van der Waals surface area contributed by atoms with E-state index in [2.05, 4.69) is 21.2 Å². The number of hydrogen-bond acceptors (Lipinski definition) is 2. The van der Waals surface area contributed by atoms with E-state index in [9.17, 15) is 14.0 Å². The molecule has 0 bridgehead atoms. The summed E-state index contributed by atoms with van der Waals surface area (Å²) in [6.07, 6.45) is 1.31. The highest BCUT2D eigenvalue weighted by Crippen LogP contribution is 2.23. The van der Waals surface area contributed by atoms with Crippen molar-refractivity contribution >= 4 is 39.6 Å². The lowest BCUT2D eigenvalue weighted by Gasteiger charge is -2.10. The molecule has 0 saturated carbocycles. The summed E-state index contributed by atoms with van der Waals surface area (Å²) >= 11 is 3.27. The number of anilines is 1. The highest BCUT2D eigenvalue weighted by Gasteiger charge is 2.13. The fourth-order valence-corrected chi connectivity index (χ4v) is 2.14. The Morgan fingerprint density at radius 2 is 1.83 bits per heavy atom. The molecule has 2 aromatic carbocycles. The maximum Gasteiger partial charge on any atom is 0.331 e. The number of carboxylic acid groups (broad SMARTS) is 1. The molecule has 118 valence electrons. The van der Waals surface area contributed by atoms with Crippen molar-refractivity contribution in [2.45, 2.75) is 6.92 Å². The lowest BCUT2D eigenvalue weighted by molar-refractivity contribution is -0.132. The van der Waals surface area contributed by atoms with Gasteiger partial charge in [0.05, 0.1) is 5.69 Å². The summed E-state index contributed by atoms with van der Waals surface area (Å²) in [6.45, 7) is 1.40. The van der Waals surface area contributed by atoms with Crippen LogP contribution in [0.25, 0.3) is 6.08 Å². The molecule has 0 saturated heterocycles. The lowest BCUT2D eigenvalue weighted by Crippen LogP contribution is -2.14. The van der Waals surface area contributed by atoms with Crippen molar-refractivity contribution < 1.29 is 19.1 Å². The Bertz CT molecular complexity index is 785. The van der Waals surface area contributed by atoms with Gasteiger partial charge in [0, 0.05) is 21.2 Å². The first-order chi connectivity index (χ1) is 10.9. The van der Waals surface area contributed by atoms with Crippen molar-refractivity contribution in [2.24, 2.45) is 0 Å². The Hall–Kier alpha value is -2.47. The molecule has 2 N–H and O–H groups in total. The first-order valence-electron chi connectivity index (χ1n) is 6.65. The van der Waals surface area contributed by atoms with Crippen LogP contribution in [0.3, 0.4) is 0 Å². The molecule has 23 heavy (non-hydrogen) atoms. The van der Waals surface area contributed by atoms with E-state index < -0.39 is 17.7 Å². The van der Waals surface area contributed by atoms with Crippen molar-refractivity contribution in [3.05, 3.63) is 69.5 Å². The molecule has 0 spiro atoms. The maximum atomic E-state index is 14.0. The van der Waals surface area contributed by atoms with Crippen molar-refractivity contribution in [3.63, 3.8) is 0 Å². The minimum atomic E-state index is -1.11. The zero-order chi connectivity index (χ0) is 17.0. The molecule has 0 heterocycles. The average molecular weight is 378 g/mol. The highest BCUT2D eigenvalue weighted by molar-refractivity contribution is 9.10. The molecule has 0 aliphatic rings. The summed E-state index contributed by atoms with van der Waals surface area (Å²) in [5.74, 6) is -2.23. The van der Waals surface area contributed by atoms with Gasteiger partial charge in [-0.05, 0) is 43.3 Å².